The topological polar surface area (TPSA) is 71.7 Å². The fourth-order valence-corrected chi connectivity index (χ4v) is 6.52. The summed E-state index contributed by atoms with van der Waals surface area (Å²) >= 11 is 1.49. The molecule has 158 valence electrons. The highest BCUT2D eigenvalue weighted by Crippen LogP contribution is 2.24. The number of aryl methyl sites for hydroxylation is 3. The third-order valence-corrected chi connectivity index (χ3v) is 8.78. The molecule has 0 radical (unpaired) electrons. The second-order valence-electron chi connectivity index (χ2n) is 7.73. The van der Waals surface area contributed by atoms with E-state index in [9.17, 15) is 13.2 Å². The minimum atomic E-state index is -3.51. The summed E-state index contributed by atoms with van der Waals surface area (Å²) in [6, 6.07) is 10.2. The van der Waals surface area contributed by atoms with Crippen LogP contribution < -0.4 is 4.80 Å². The molecule has 4 rings (SSSR count). The fourth-order valence-electron chi connectivity index (χ4n) is 3.84. The lowest BCUT2D eigenvalue weighted by molar-refractivity contribution is 0.0998. The quantitative estimate of drug-likeness (QED) is 0.619. The Morgan fingerprint density at radius 2 is 1.60 bits per heavy atom. The van der Waals surface area contributed by atoms with E-state index in [1.165, 1.54) is 27.8 Å². The van der Waals surface area contributed by atoms with Gasteiger partial charge in [-0.05, 0) is 62.1 Å². The minimum absolute atomic E-state index is 0.222. The predicted octanol–water partition coefficient (Wildman–Crippen LogP) is 3.77. The smallest absolute Gasteiger partial charge is 0.279 e. The van der Waals surface area contributed by atoms with Crippen molar-refractivity contribution in [2.24, 2.45) is 12.0 Å². The van der Waals surface area contributed by atoms with Crippen LogP contribution in [0.3, 0.4) is 0 Å². The first kappa shape index (κ1) is 21.0. The zero-order valence-corrected chi connectivity index (χ0v) is 19.0. The lowest BCUT2D eigenvalue weighted by Crippen LogP contribution is -2.35. The molecule has 0 N–H and O–H groups in total. The molecule has 0 bridgehead atoms. The molecule has 8 heteroatoms. The molecular formula is C22H25N3O3S2. The van der Waals surface area contributed by atoms with E-state index in [0.717, 1.165) is 40.6 Å². The molecule has 1 aliphatic rings. The average molecular weight is 444 g/mol. The summed E-state index contributed by atoms with van der Waals surface area (Å²) < 4.78 is 30.2. The highest BCUT2D eigenvalue weighted by Gasteiger charge is 2.26. The molecule has 1 aliphatic heterocycles. The number of carbonyl (C=O) groups excluding carboxylic acids is 1. The predicted molar refractivity (Wildman–Crippen MR) is 119 cm³/mol. The van der Waals surface area contributed by atoms with Crippen molar-refractivity contribution >= 4 is 37.5 Å². The van der Waals surface area contributed by atoms with Crippen LogP contribution in [0.25, 0.3) is 10.2 Å². The highest BCUT2D eigenvalue weighted by atomic mass is 32.2. The number of carbonyl (C=O) groups is 1. The Morgan fingerprint density at radius 3 is 2.23 bits per heavy atom. The van der Waals surface area contributed by atoms with Gasteiger partial charge >= 0.3 is 0 Å². The summed E-state index contributed by atoms with van der Waals surface area (Å²) in [5, 5.41) is 0. The lowest BCUT2D eigenvalue weighted by Gasteiger charge is -2.25. The largest absolute Gasteiger partial charge is 0.319 e. The van der Waals surface area contributed by atoms with Crippen LogP contribution in [0.1, 0.15) is 40.7 Å². The Hall–Kier alpha value is -2.29. The van der Waals surface area contributed by atoms with Crippen LogP contribution in [0.2, 0.25) is 0 Å². The molecule has 0 atom stereocenters. The van der Waals surface area contributed by atoms with Crippen molar-refractivity contribution in [2.75, 3.05) is 13.1 Å². The van der Waals surface area contributed by atoms with E-state index in [2.05, 4.69) is 17.1 Å². The summed E-state index contributed by atoms with van der Waals surface area (Å²) in [6.07, 6.45) is 2.84. The monoisotopic (exact) mass is 443 g/mol. The van der Waals surface area contributed by atoms with Crippen molar-refractivity contribution in [3.63, 3.8) is 0 Å². The number of aromatic nitrogens is 1. The van der Waals surface area contributed by atoms with Crippen LogP contribution in [0.15, 0.2) is 46.3 Å². The van der Waals surface area contributed by atoms with Gasteiger partial charge in [-0.3, -0.25) is 4.79 Å². The van der Waals surface area contributed by atoms with Gasteiger partial charge < -0.3 is 4.57 Å². The summed E-state index contributed by atoms with van der Waals surface area (Å²) in [4.78, 5) is 17.9. The number of sulfonamides is 1. The molecule has 0 aliphatic carbocycles. The molecule has 0 unspecified atom stereocenters. The Bertz CT molecular complexity index is 1280. The molecule has 3 aromatic rings. The van der Waals surface area contributed by atoms with Gasteiger partial charge in [-0.1, -0.05) is 29.9 Å². The van der Waals surface area contributed by atoms with E-state index in [1.807, 2.05) is 25.5 Å². The van der Waals surface area contributed by atoms with Gasteiger partial charge in [-0.2, -0.15) is 9.30 Å². The normalized spacial score (nSPS) is 16.3. The summed E-state index contributed by atoms with van der Waals surface area (Å²) in [5.41, 5.74) is 3.74. The molecule has 30 heavy (non-hydrogen) atoms. The van der Waals surface area contributed by atoms with Gasteiger partial charge in [0.25, 0.3) is 5.91 Å². The van der Waals surface area contributed by atoms with Crippen LogP contribution in [0, 0.1) is 13.8 Å². The first-order valence-electron chi connectivity index (χ1n) is 10.0. The number of hydrogen-bond donors (Lipinski definition) is 0. The number of amides is 1. The molecule has 6 nitrogen and oxygen atoms in total. The van der Waals surface area contributed by atoms with Crippen LogP contribution in [0.4, 0.5) is 0 Å². The van der Waals surface area contributed by atoms with E-state index in [0.29, 0.717) is 23.5 Å². The molecule has 0 saturated carbocycles. The Balaban J connectivity index is 1.65. The van der Waals surface area contributed by atoms with Crippen LogP contribution in [-0.4, -0.2) is 36.3 Å². The maximum absolute atomic E-state index is 12.8. The summed E-state index contributed by atoms with van der Waals surface area (Å²) in [7, 11) is -1.60. The first-order valence-corrected chi connectivity index (χ1v) is 12.3. The third kappa shape index (κ3) is 3.75. The van der Waals surface area contributed by atoms with Crippen molar-refractivity contribution in [1.82, 2.24) is 8.87 Å². The Morgan fingerprint density at radius 1 is 0.967 bits per heavy atom. The number of piperidine rings is 1. The molecule has 0 spiro atoms. The molecule has 1 saturated heterocycles. The van der Waals surface area contributed by atoms with Gasteiger partial charge in [0.15, 0.2) is 4.80 Å². The number of rotatable bonds is 3. The number of benzene rings is 2. The van der Waals surface area contributed by atoms with Gasteiger partial charge in [0.2, 0.25) is 10.0 Å². The van der Waals surface area contributed by atoms with Gasteiger partial charge in [0.05, 0.1) is 15.1 Å². The van der Waals surface area contributed by atoms with Gasteiger partial charge in [-0.25, -0.2) is 8.42 Å². The molecule has 1 fully saturated rings. The SMILES string of the molecule is Cc1ccc(C)c2c1sc(=NC(=O)c1ccc(S(=O)(=O)N3CCCCC3)cc1)n2C. The summed E-state index contributed by atoms with van der Waals surface area (Å²) in [5.74, 6) is -0.380. The lowest BCUT2D eigenvalue weighted by atomic mass is 10.1. The van der Waals surface area contributed by atoms with Crippen molar-refractivity contribution in [3.8, 4) is 0 Å². The van der Waals surface area contributed by atoms with E-state index < -0.39 is 10.0 Å². The van der Waals surface area contributed by atoms with Crippen LogP contribution in [-0.2, 0) is 17.1 Å². The standard InChI is InChI=1S/C22H25N3O3S2/c1-15-7-8-16(2)20-19(15)24(3)22(29-20)23-21(26)17-9-11-18(12-10-17)30(27,28)25-13-5-4-6-14-25/h7-12H,4-6,13-14H2,1-3H3. The number of hydrogen-bond acceptors (Lipinski definition) is 4. The van der Waals surface area contributed by atoms with E-state index in [-0.39, 0.29) is 10.8 Å². The maximum Gasteiger partial charge on any atom is 0.279 e. The Kier molecular flexibility index (Phi) is 5.65. The minimum Gasteiger partial charge on any atom is -0.319 e. The maximum atomic E-state index is 12.8. The molecule has 2 heterocycles. The van der Waals surface area contributed by atoms with E-state index >= 15 is 0 Å². The third-order valence-electron chi connectivity index (χ3n) is 5.60. The van der Waals surface area contributed by atoms with Crippen LogP contribution in [0.5, 0.6) is 0 Å². The van der Waals surface area contributed by atoms with Crippen molar-refractivity contribution in [1.29, 1.82) is 0 Å². The second-order valence-corrected chi connectivity index (χ2v) is 10.6. The van der Waals surface area contributed by atoms with E-state index in [1.54, 1.807) is 12.1 Å². The molecule has 1 amide bonds. The number of nitrogens with zero attached hydrogens (tertiary/aromatic N) is 3. The van der Waals surface area contributed by atoms with Crippen molar-refractivity contribution < 1.29 is 13.2 Å². The van der Waals surface area contributed by atoms with Crippen molar-refractivity contribution in [2.45, 2.75) is 38.0 Å². The van der Waals surface area contributed by atoms with Crippen LogP contribution >= 0.6 is 11.3 Å². The second kappa shape index (κ2) is 8.09. The molecule has 2 aromatic carbocycles. The Labute approximate surface area is 180 Å². The number of fused-ring (bicyclic) bond motifs is 1. The van der Waals surface area contributed by atoms with E-state index in [4.69, 9.17) is 0 Å². The first-order chi connectivity index (χ1) is 14.3. The van der Waals surface area contributed by atoms with Gasteiger partial charge in [0.1, 0.15) is 0 Å². The molecule has 1 aromatic heterocycles. The summed E-state index contributed by atoms with van der Waals surface area (Å²) in [6.45, 7) is 5.20. The van der Waals surface area contributed by atoms with Gasteiger partial charge in [0, 0.05) is 25.7 Å². The van der Waals surface area contributed by atoms with Crippen molar-refractivity contribution in [3.05, 3.63) is 57.9 Å². The number of thiazole rings is 1. The molecular weight excluding hydrogens is 418 g/mol. The zero-order chi connectivity index (χ0) is 21.5. The highest BCUT2D eigenvalue weighted by molar-refractivity contribution is 7.89. The zero-order valence-electron chi connectivity index (χ0n) is 17.4. The van der Waals surface area contributed by atoms with Gasteiger partial charge in [-0.15, -0.1) is 0 Å². The fraction of sp³-hybridized carbons (Fsp3) is 0.364. The average Bonchev–Trinajstić information content (AvgIpc) is 3.09.